The maximum atomic E-state index is 6.13. The number of aliphatic imine (C=N–C) groups is 1. The van der Waals surface area contributed by atoms with Crippen LogP contribution in [0.3, 0.4) is 0 Å². The van der Waals surface area contributed by atoms with E-state index < -0.39 is 5.72 Å². The first-order chi connectivity index (χ1) is 10.4. The average molecular weight is 361 g/mol. The Labute approximate surface area is 140 Å². The van der Waals surface area contributed by atoms with Gasteiger partial charge in [-0.2, -0.15) is 0 Å². The van der Waals surface area contributed by atoms with E-state index in [1.54, 1.807) is 0 Å². The molecule has 2 aliphatic rings. The van der Waals surface area contributed by atoms with Crippen molar-refractivity contribution in [2.75, 3.05) is 0 Å². The third-order valence-electron chi connectivity index (χ3n) is 4.36. The minimum Gasteiger partial charge on any atom is -0.466 e. The molecule has 3 rings (SSSR count). The summed E-state index contributed by atoms with van der Waals surface area (Å²) in [5, 5.41) is 0. The van der Waals surface area contributed by atoms with E-state index in [0.29, 0.717) is 5.84 Å². The summed E-state index contributed by atoms with van der Waals surface area (Å²) in [4.78, 5) is 4.61. The predicted molar refractivity (Wildman–Crippen MR) is 94.3 cm³/mol. The summed E-state index contributed by atoms with van der Waals surface area (Å²) in [5.74, 6) is 1.39. The molecule has 0 spiro atoms. The van der Waals surface area contributed by atoms with E-state index in [0.717, 1.165) is 30.6 Å². The molecule has 0 fully saturated rings. The van der Waals surface area contributed by atoms with Crippen LogP contribution in [0.15, 0.2) is 52.0 Å². The molecule has 1 heterocycles. The average Bonchev–Trinajstić information content (AvgIpc) is 2.45. The lowest BCUT2D eigenvalue weighted by atomic mass is 9.78. The molecular weight excluding hydrogens is 340 g/mol. The van der Waals surface area contributed by atoms with E-state index in [4.69, 9.17) is 10.5 Å². The van der Waals surface area contributed by atoms with Gasteiger partial charge in [0.25, 0.3) is 0 Å². The molecule has 0 saturated heterocycles. The molecule has 1 aromatic rings. The number of nitrogens with zero attached hydrogens (tertiary/aromatic N) is 1. The Balaban J connectivity index is 1.75. The lowest BCUT2D eigenvalue weighted by Crippen LogP contribution is -2.39. The van der Waals surface area contributed by atoms with Gasteiger partial charge in [-0.3, -0.25) is 0 Å². The van der Waals surface area contributed by atoms with Crippen molar-refractivity contribution in [3.63, 3.8) is 0 Å². The summed E-state index contributed by atoms with van der Waals surface area (Å²) in [6.45, 7) is 4.28. The molecule has 2 atom stereocenters. The standard InChI is InChI=1S/C18H21BrN2O/c1-17(9-5-6-13(19)12-17)10-11-18(2)21-16(20)14-7-3-4-8-15(14)22-18/h3-9H,10-12H2,1-2H3,(H2,20,21). The molecule has 0 saturated carbocycles. The molecule has 2 N–H and O–H groups in total. The number of halogens is 1. The molecule has 0 radical (unpaired) electrons. The van der Waals surface area contributed by atoms with Gasteiger partial charge < -0.3 is 10.5 Å². The van der Waals surface area contributed by atoms with Crippen LogP contribution in [-0.4, -0.2) is 11.6 Å². The van der Waals surface area contributed by atoms with Crippen molar-refractivity contribution in [2.24, 2.45) is 16.1 Å². The number of para-hydroxylation sites is 1. The summed E-state index contributed by atoms with van der Waals surface area (Å²) in [5.41, 5.74) is 6.54. The zero-order valence-corrected chi connectivity index (χ0v) is 14.6. The highest BCUT2D eigenvalue weighted by Gasteiger charge is 2.35. The van der Waals surface area contributed by atoms with Gasteiger partial charge in [0.1, 0.15) is 11.6 Å². The number of rotatable bonds is 3. The first-order valence-corrected chi connectivity index (χ1v) is 8.36. The number of hydrogen-bond acceptors (Lipinski definition) is 3. The molecule has 0 amide bonds. The van der Waals surface area contributed by atoms with Gasteiger partial charge in [0.2, 0.25) is 0 Å². The molecule has 0 aromatic heterocycles. The second kappa shape index (κ2) is 5.58. The maximum absolute atomic E-state index is 6.13. The maximum Gasteiger partial charge on any atom is 0.199 e. The Kier molecular flexibility index (Phi) is 3.89. The van der Waals surface area contributed by atoms with Gasteiger partial charge in [0.05, 0.1) is 5.56 Å². The molecule has 1 aliphatic heterocycles. The van der Waals surface area contributed by atoms with Gasteiger partial charge in [0, 0.05) is 6.42 Å². The fourth-order valence-electron chi connectivity index (χ4n) is 3.03. The Bertz CT molecular complexity index is 679. The summed E-state index contributed by atoms with van der Waals surface area (Å²) in [6.07, 6.45) is 9.31. The number of hydrogen-bond donors (Lipinski definition) is 1. The van der Waals surface area contributed by atoms with Crippen LogP contribution in [0.25, 0.3) is 0 Å². The van der Waals surface area contributed by atoms with Crippen LogP contribution in [0, 0.1) is 5.41 Å². The van der Waals surface area contributed by atoms with Crippen molar-refractivity contribution in [3.05, 3.63) is 52.5 Å². The second-order valence-electron chi connectivity index (χ2n) is 6.57. The van der Waals surface area contributed by atoms with Gasteiger partial charge in [0.15, 0.2) is 5.72 Å². The fraction of sp³-hybridized carbons (Fsp3) is 0.389. The Morgan fingerprint density at radius 3 is 2.82 bits per heavy atom. The number of amidine groups is 1. The van der Waals surface area contributed by atoms with E-state index in [1.807, 2.05) is 31.2 Å². The van der Waals surface area contributed by atoms with Crippen LogP contribution in [0.1, 0.15) is 38.7 Å². The van der Waals surface area contributed by atoms with Crippen molar-refractivity contribution in [2.45, 2.75) is 38.8 Å². The first-order valence-electron chi connectivity index (χ1n) is 7.57. The minimum absolute atomic E-state index is 0.126. The number of allylic oxidation sites excluding steroid dienone is 4. The monoisotopic (exact) mass is 360 g/mol. The third kappa shape index (κ3) is 3.12. The molecule has 116 valence electrons. The third-order valence-corrected chi connectivity index (χ3v) is 4.90. The second-order valence-corrected chi connectivity index (χ2v) is 7.59. The molecule has 2 unspecified atom stereocenters. The predicted octanol–water partition coefficient (Wildman–Crippen LogP) is 4.53. The molecule has 22 heavy (non-hydrogen) atoms. The van der Waals surface area contributed by atoms with Crippen LogP contribution in [0.5, 0.6) is 5.75 Å². The molecule has 1 aliphatic carbocycles. The topological polar surface area (TPSA) is 47.6 Å². The van der Waals surface area contributed by atoms with E-state index >= 15 is 0 Å². The first kappa shape index (κ1) is 15.3. The lowest BCUT2D eigenvalue weighted by Gasteiger charge is -2.36. The number of ether oxygens (including phenoxy) is 1. The summed E-state index contributed by atoms with van der Waals surface area (Å²) < 4.78 is 7.37. The Morgan fingerprint density at radius 2 is 2.05 bits per heavy atom. The van der Waals surface area contributed by atoms with Crippen molar-refractivity contribution in [1.82, 2.24) is 0 Å². The smallest absolute Gasteiger partial charge is 0.199 e. The van der Waals surface area contributed by atoms with Gasteiger partial charge in [-0.25, -0.2) is 4.99 Å². The number of benzene rings is 1. The molecule has 4 heteroatoms. The van der Waals surface area contributed by atoms with Crippen LogP contribution >= 0.6 is 15.9 Å². The lowest BCUT2D eigenvalue weighted by molar-refractivity contribution is 0.0720. The quantitative estimate of drug-likeness (QED) is 0.860. The van der Waals surface area contributed by atoms with Gasteiger partial charge >= 0.3 is 0 Å². The highest BCUT2D eigenvalue weighted by atomic mass is 79.9. The van der Waals surface area contributed by atoms with E-state index in [2.05, 4.69) is 46.1 Å². The van der Waals surface area contributed by atoms with Crippen LogP contribution in [0.2, 0.25) is 0 Å². The summed E-state index contributed by atoms with van der Waals surface area (Å²) in [7, 11) is 0. The van der Waals surface area contributed by atoms with Crippen molar-refractivity contribution in [3.8, 4) is 5.75 Å². The van der Waals surface area contributed by atoms with Crippen molar-refractivity contribution >= 4 is 21.8 Å². The molecule has 0 bridgehead atoms. The Morgan fingerprint density at radius 1 is 1.27 bits per heavy atom. The van der Waals surface area contributed by atoms with Crippen molar-refractivity contribution < 1.29 is 4.74 Å². The van der Waals surface area contributed by atoms with Crippen LogP contribution in [0.4, 0.5) is 0 Å². The number of nitrogens with two attached hydrogens (primary N) is 1. The highest BCUT2D eigenvalue weighted by Crippen LogP contribution is 2.41. The van der Waals surface area contributed by atoms with E-state index in [9.17, 15) is 0 Å². The summed E-state index contributed by atoms with van der Waals surface area (Å²) in [6, 6.07) is 7.81. The van der Waals surface area contributed by atoms with Crippen LogP contribution in [-0.2, 0) is 0 Å². The van der Waals surface area contributed by atoms with Crippen LogP contribution < -0.4 is 10.5 Å². The largest absolute Gasteiger partial charge is 0.466 e. The van der Waals surface area contributed by atoms with E-state index in [-0.39, 0.29) is 5.41 Å². The SMILES string of the molecule is CC1(CCC2(C)N=C(N)c3ccccc3O2)C=CC=C(Br)C1. The van der Waals surface area contributed by atoms with E-state index in [1.165, 1.54) is 4.48 Å². The zero-order chi connectivity index (χ0) is 15.8. The highest BCUT2D eigenvalue weighted by molar-refractivity contribution is 9.11. The van der Waals surface area contributed by atoms with Crippen molar-refractivity contribution in [1.29, 1.82) is 0 Å². The number of fused-ring (bicyclic) bond motifs is 1. The molecule has 1 aromatic carbocycles. The molecule has 3 nitrogen and oxygen atoms in total. The zero-order valence-electron chi connectivity index (χ0n) is 13.0. The van der Waals surface area contributed by atoms with Gasteiger partial charge in [-0.05, 0) is 41.8 Å². The van der Waals surface area contributed by atoms with Gasteiger partial charge in [-0.1, -0.05) is 53.2 Å². The minimum atomic E-state index is -0.594. The van der Waals surface area contributed by atoms with Gasteiger partial charge in [-0.15, -0.1) is 0 Å². The normalized spacial score (nSPS) is 30.1. The fourth-order valence-corrected chi connectivity index (χ4v) is 3.82. The summed E-state index contributed by atoms with van der Waals surface area (Å²) >= 11 is 3.61. The Hall–Kier alpha value is -1.55. The molecular formula is C18H21BrN2O.